The Balaban J connectivity index is 0.00000184. The summed E-state index contributed by atoms with van der Waals surface area (Å²) in [7, 11) is 0. The molecular weight excluding hydrogens is 707 g/mol. The van der Waals surface area contributed by atoms with Crippen molar-refractivity contribution in [1.29, 1.82) is 0 Å². The van der Waals surface area contributed by atoms with Crippen LogP contribution in [0, 0.1) is 14.9 Å². The maximum atomic E-state index is 2.45. The fraction of sp³-hybridized carbons (Fsp3) is 0.273. The van der Waals surface area contributed by atoms with Gasteiger partial charge in [-0.1, -0.05) is 127 Å². The van der Waals surface area contributed by atoms with Gasteiger partial charge in [0.25, 0.3) is 0 Å². The first-order valence-corrected chi connectivity index (χ1v) is 15.5. The Morgan fingerprint density at radius 1 is 0.511 bits per heavy atom. The molecule has 6 rings (SSSR count). The first-order valence-electron chi connectivity index (χ1n) is 15.5. The number of rotatable bonds is 5. The van der Waals surface area contributed by atoms with Crippen LogP contribution in [0.15, 0.2) is 109 Å². The van der Waals surface area contributed by atoms with Gasteiger partial charge in [-0.25, -0.2) is 0 Å². The maximum absolute atomic E-state index is 2.45. The van der Waals surface area contributed by atoms with Crippen LogP contribution < -0.4 is 0 Å². The van der Waals surface area contributed by atoms with E-state index in [1.54, 1.807) is 0 Å². The van der Waals surface area contributed by atoms with Crippen molar-refractivity contribution in [1.82, 2.24) is 0 Å². The predicted molar refractivity (Wildman–Crippen MR) is 197 cm³/mol. The first kappa shape index (κ1) is 36.4. The van der Waals surface area contributed by atoms with E-state index >= 15 is 0 Å². The van der Waals surface area contributed by atoms with Crippen LogP contribution in [-0.4, -0.2) is 0 Å². The van der Waals surface area contributed by atoms with E-state index in [9.17, 15) is 0 Å². The minimum absolute atomic E-state index is 0. The van der Waals surface area contributed by atoms with Crippen molar-refractivity contribution in [2.75, 3.05) is 0 Å². The summed E-state index contributed by atoms with van der Waals surface area (Å²) in [6.45, 7) is 18.4. The minimum atomic E-state index is -0.0846. The van der Waals surface area contributed by atoms with E-state index in [0.29, 0.717) is 0 Å². The summed E-state index contributed by atoms with van der Waals surface area (Å²) >= 11 is 0. The molecule has 0 atom stereocenters. The summed E-state index contributed by atoms with van der Waals surface area (Å²) in [6, 6.07) is 41.6. The van der Waals surface area contributed by atoms with Crippen molar-refractivity contribution in [2.45, 2.75) is 78.1 Å². The van der Waals surface area contributed by atoms with Crippen LogP contribution in [0.1, 0.15) is 84.1 Å². The van der Waals surface area contributed by atoms with Crippen molar-refractivity contribution in [3.05, 3.63) is 146 Å². The smallest absolute Gasteiger partial charge is 0.358 e. The molecule has 0 aliphatic rings. The molecule has 0 aromatic heterocycles. The largest absolute Gasteiger partial charge is 4.00 e. The topological polar surface area (TPSA) is 0 Å². The molecule has 0 N–H and O–H groups in total. The monoisotopic (exact) mass is 758 g/mol. The normalized spacial score (nSPS) is 12.0. The summed E-state index contributed by atoms with van der Waals surface area (Å²) < 4.78 is 0. The van der Waals surface area contributed by atoms with Crippen molar-refractivity contribution in [3.63, 3.8) is 0 Å². The van der Waals surface area contributed by atoms with E-state index in [0.717, 1.165) is 6.42 Å². The summed E-state index contributed by atoms with van der Waals surface area (Å²) in [5, 5.41) is 5.31. The molecule has 0 aliphatic carbocycles. The number of hydrogen-bond donors (Lipinski definition) is 0. The van der Waals surface area contributed by atoms with Gasteiger partial charge in [0.1, 0.15) is 0 Å². The van der Waals surface area contributed by atoms with Crippen molar-refractivity contribution in [2.24, 2.45) is 0 Å². The molecule has 0 amide bonds. The van der Waals surface area contributed by atoms with E-state index in [4.69, 9.17) is 0 Å². The predicted octanol–water partition coefficient (Wildman–Crippen LogP) is 13.0. The Hall–Kier alpha value is -3.03. The van der Waals surface area contributed by atoms with Gasteiger partial charge in [0, 0.05) is 0 Å². The number of fused-ring (bicyclic) bond motifs is 2. The van der Waals surface area contributed by atoms with Crippen LogP contribution in [0.25, 0.3) is 43.8 Å². The van der Waals surface area contributed by atoms with Gasteiger partial charge < -0.3 is 14.9 Å². The van der Waals surface area contributed by atoms with Crippen LogP contribution in [0.5, 0.6) is 0 Å². The van der Waals surface area contributed by atoms with Crippen molar-refractivity contribution in [3.8, 4) is 22.3 Å². The van der Waals surface area contributed by atoms with Crippen LogP contribution >= 0.6 is 0 Å². The Morgan fingerprint density at radius 3 is 1.18 bits per heavy atom. The van der Waals surface area contributed by atoms with Gasteiger partial charge in [-0.15, -0.1) is 69.1 Å². The summed E-state index contributed by atoms with van der Waals surface area (Å²) in [5.74, 6) is 0. The zero-order valence-electron chi connectivity index (χ0n) is 29.1. The third kappa shape index (κ3) is 6.76. The van der Waals surface area contributed by atoms with Gasteiger partial charge in [-0.2, -0.15) is 12.1 Å². The molecular formula is C44H50Hf. The van der Waals surface area contributed by atoms with Crippen molar-refractivity contribution >= 4 is 21.5 Å². The van der Waals surface area contributed by atoms with E-state index in [1.165, 1.54) is 66.1 Å². The van der Waals surface area contributed by atoms with Crippen molar-refractivity contribution < 1.29 is 25.8 Å². The zero-order chi connectivity index (χ0) is 29.9. The second-order valence-electron chi connectivity index (χ2n) is 14.4. The molecule has 0 nitrogen and oxygen atoms in total. The SMILES string of the molecule is CCC(C)(c1cc2c(-c3ccc(C(C)(C)C)cc3)cccc2[cH-]1)c1cc2c(-c3ccc(C(C)(C)C)cc3)cccc2[cH-]1.[CH3-].[CH3-].[Hf+4]. The second kappa shape index (κ2) is 13.4. The van der Waals surface area contributed by atoms with Crippen LogP contribution in [0.3, 0.4) is 0 Å². The van der Waals surface area contributed by atoms with Crippen LogP contribution in [0.2, 0.25) is 0 Å². The van der Waals surface area contributed by atoms with Gasteiger partial charge in [0.2, 0.25) is 0 Å². The fourth-order valence-corrected chi connectivity index (χ4v) is 6.48. The van der Waals surface area contributed by atoms with Gasteiger partial charge in [-0.05, 0) is 44.9 Å². The molecule has 0 radical (unpaired) electrons. The standard InChI is InChI=1S/C42H44.2CH3.Hf/c1-9-42(8,34-24-30-12-10-14-36(38(30)26-34)28-16-20-32(21-17-28)40(2,3)4)35-25-31-13-11-15-37(39(31)27-35)29-18-22-33(23-19-29)41(5,6)7;;;/h10-27H,9H2,1-8H3;2*1H3;/q-2;2*-1;+4. The van der Waals surface area contributed by atoms with E-state index in [1.807, 2.05) is 0 Å². The van der Waals surface area contributed by atoms with Gasteiger partial charge in [-0.3, -0.25) is 0 Å². The molecule has 0 bridgehead atoms. The molecule has 6 aromatic rings. The summed E-state index contributed by atoms with van der Waals surface area (Å²) in [4.78, 5) is 0. The van der Waals surface area contributed by atoms with Crippen LogP contribution in [0.4, 0.5) is 0 Å². The number of benzene rings is 4. The molecule has 0 saturated carbocycles. The van der Waals surface area contributed by atoms with E-state index in [2.05, 4.69) is 165 Å². The molecule has 45 heavy (non-hydrogen) atoms. The zero-order valence-corrected chi connectivity index (χ0v) is 32.7. The Labute approximate surface area is 292 Å². The molecule has 0 fully saturated rings. The van der Waals surface area contributed by atoms with Crippen LogP contribution in [-0.2, 0) is 42.1 Å². The minimum Gasteiger partial charge on any atom is -0.358 e. The van der Waals surface area contributed by atoms with E-state index < -0.39 is 0 Å². The van der Waals surface area contributed by atoms with Gasteiger partial charge >= 0.3 is 25.8 Å². The average Bonchev–Trinajstić information content (AvgIpc) is 3.61. The molecule has 0 heterocycles. The molecule has 0 spiro atoms. The maximum Gasteiger partial charge on any atom is 4.00 e. The molecule has 0 aliphatic heterocycles. The molecule has 0 saturated heterocycles. The fourth-order valence-electron chi connectivity index (χ4n) is 6.48. The Bertz CT molecular complexity index is 1720. The third-order valence-electron chi connectivity index (χ3n) is 9.61. The Morgan fingerprint density at radius 2 is 0.867 bits per heavy atom. The Kier molecular flexibility index (Phi) is 10.8. The van der Waals surface area contributed by atoms with Gasteiger partial charge in [0.15, 0.2) is 0 Å². The quantitative estimate of drug-likeness (QED) is 0.121. The first-order chi connectivity index (χ1) is 19.9. The average molecular weight is 757 g/mol. The van der Waals surface area contributed by atoms with Gasteiger partial charge in [0.05, 0.1) is 0 Å². The number of hydrogen-bond acceptors (Lipinski definition) is 0. The third-order valence-corrected chi connectivity index (χ3v) is 9.61. The molecule has 230 valence electrons. The molecule has 6 aromatic carbocycles. The molecule has 1 heteroatoms. The second-order valence-corrected chi connectivity index (χ2v) is 14.4. The molecule has 0 unspecified atom stereocenters. The van der Waals surface area contributed by atoms with E-state index in [-0.39, 0.29) is 56.9 Å². The summed E-state index contributed by atoms with van der Waals surface area (Å²) in [5.41, 5.74) is 10.9. The summed E-state index contributed by atoms with van der Waals surface area (Å²) in [6.07, 6.45) is 1.03.